The van der Waals surface area contributed by atoms with Crippen molar-refractivity contribution < 1.29 is 4.39 Å². The molecule has 0 spiro atoms. The van der Waals surface area contributed by atoms with Gasteiger partial charge in [-0.3, -0.25) is 4.98 Å². The Labute approximate surface area is 114 Å². The van der Waals surface area contributed by atoms with Crippen LogP contribution < -0.4 is 0 Å². The zero-order valence-electron chi connectivity index (χ0n) is 9.12. The molecule has 0 aliphatic heterocycles. The van der Waals surface area contributed by atoms with Crippen LogP contribution in [0, 0.1) is 17.1 Å². The van der Waals surface area contributed by atoms with Gasteiger partial charge in [0.1, 0.15) is 5.82 Å². The van der Waals surface area contributed by atoms with E-state index in [1.165, 1.54) is 6.07 Å². The van der Waals surface area contributed by atoms with Crippen molar-refractivity contribution in [2.45, 2.75) is 6.42 Å². The Kier molecular flexibility index (Phi) is 3.81. The van der Waals surface area contributed by atoms with Crippen molar-refractivity contribution in [3.63, 3.8) is 0 Å². The second-order valence-corrected chi connectivity index (χ2v) is 4.43. The summed E-state index contributed by atoms with van der Waals surface area (Å²) >= 11 is 11.7. The molecule has 0 saturated carbocycles. The molecule has 0 N–H and O–H groups in total. The molecule has 0 fully saturated rings. The molecular formula is C13H7Cl2FN2. The zero-order chi connectivity index (χ0) is 13.1. The second kappa shape index (κ2) is 5.34. The Morgan fingerprint density at radius 1 is 1.22 bits per heavy atom. The molecular weight excluding hydrogens is 274 g/mol. The number of hydrogen-bond donors (Lipinski definition) is 0. The third kappa shape index (κ3) is 2.61. The monoisotopic (exact) mass is 280 g/mol. The van der Waals surface area contributed by atoms with Crippen molar-refractivity contribution in [2.75, 3.05) is 0 Å². The van der Waals surface area contributed by atoms with E-state index in [0.29, 0.717) is 26.9 Å². The van der Waals surface area contributed by atoms with Gasteiger partial charge in [-0.05, 0) is 23.8 Å². The van der Waals surface area contributed by atoms with Gasteiger partial charge in [0.15, 0.2) is 0 Å². The van der Waals surface area contributed by atoms with E-state index in [1.54, 1.807) is 18.2 Å². The third-order valence-electron chi connectivity index (χ3n) is 2.41. The van der Waals surface area contributed by atoms with Crippen molar-refractivity contribution in [3.05, 3.63) is 52.0 Å². The number of nitriles is 1. The van der Waals surface area contributed by atoms with Crippen molar-refractivity contribution >= 4 is 23.2 Å². The molecule has 2 aromatic rings. The largest absolute Gasteiger partial charge is 0.257 e. The first-order valence-corrected chi connectivity index (χ1v) is 5.84. The molecule has 0 bridgehead atoms. The molecule has 2 nitrogen and oxygen atoms in total. The standard InChI is InChI=1S/C13H7Cl2FN2/c14-11-2-1-8(5-12(11)15)10-6-9(16)7-18-13(10)3-4-17/h1-2,5-7H,3H2. The van der Waals surface area contributed by atoms with E-state index >= 15 is 0 Å². The van der Waals surface area contributed by atoms with Gasteiger partial charge >= 0.3 is 0 Å². The normalized spacial score (nSPS) is 10.1. The topological polar surface area (TPSA) is 36.7 Å². The number of aromatic nitrogens is 1. The highest BCUT2D eigenvalue weighted by Gasteiger charge is 2.09. The zero-order valence-corrected chi connectivity index (χ0v) is 10.6. The van der Waals surface area contributed by atoms with Gasteiger partial charge in [-0.15, -0.1) is 0 Å². The maximum Gasteiger partial charge on any atom is 0.142 e. The molecule has 0 aliphatic rings. The molecule has 0 saturated heterocycles. The highest BCUT2D eigenvalue weighted by molar-refractivity contribution is 6.42. The van der Waals surface area contributed by atoms with Gasteiger partial charge in [-0.25, -0.2) is 4.39 Å². The number of benzene rings is 1. The van der Waals surface area contributed by atoms with Crippen LogP contribution >= 0.6 is 23.2 Å². The summed E-state index contributed by atoms with van der Waals surface area (Å²) in [6.45, 7) is 0. The van der Waals surface area contributed by atoms with Crippen LogP contribution in [0.1, 0.15) is 5.69 Å². The molecule has 0 unspecified atom stereocenters. The molecule has 90 valence electrons. The molecule has 1 heterocycles. The molecule has 0 aliphatic carbocycles. The summed E-state index contributed by atoms with van der Waals surface area (Å²) in [6, 6.07) is 8.29. The van der Waals surface area contributed by atoms with Gasteiger partial charge in [-0.1, -0.05) is 29.3 Å². The van der Waals surface area contributed by atoms with Gasteiger partial charge < -0.3 is 0 Å². The van der Waals surface area contributed by atoms with Gasteiger partial charge in [0, 0.05) is 5.56 Å². The lowest BCUT2D eigenvalue weighted by atomic mass is 10.0. The number of halogens is 3. The van der Waals surface area contributed by atoms with Gasteiger partial charge in [0.25, 0.3) is 0 Å². The number of rotatable bonds is 2. The summed E-state index contributed by atoms with van der Waals surface area (Å²) in [5.74, 6) is -0.460. The second-order valence-electron chi connectivity index (χ2n) is 3.61. The first-order valence-electron chi connectivity index (χ1n) is 5.08. The van der Waals surface area contributed by atoms with E-state index in [0.717, 1.165) is 6.20 Å². The van der Waals surface area contributed by atoms with E-state index in [1.807, 2.05) is 6.07 Å². The quantitative estimate of drug-likeness (QED) is 0.824. The van der Waals surface area contributed by atoms with Crippen LogP contribution in [0.15, 0.2) is 30.5 Å². The van der Waals surface area contributed by atoms with Crippen LogP contribution in [0.5, 0.6) is 0 Å². The summed E-state index contributed by atoms with van der Waals surface area (Å²) in [5.41, 5.74) is 1.74. The number of pyridine rings is 1. The summed E-state index contributed by atoms with van der Waals surface area (Å²) in [7, 11) is 0. The maximum absolute atomic E-state index is 13.2. The fraction of sp³-hybridized carbons (Fsp3) is 0.0769. The fourth-order valence-electron chi connectivity index (χ4n) is 1.60. The van der Waals surface area contributed by atoms with Gasteiger partial charge in [0.05, 0.1) is 34.4 Å². The Morgan fingerprint density at radius 2 is 2.00 bits per heavy atom. The van der Waals surface area contributed by atoms with E-state index in [4.69, 9.17) is 28.5 Å². The van der Waals surface area contributed by atoms with Crippen LogP contribution in [-0.4, -0.2) is 4.98 Å². The predicted molar refractivity (Wildman–Crippen MR) is 69.0 cm³/mol. The summed E-state index contributed by atoms with van der Waals surface area (Å²) in [6.07, 6.45) is 1.20. The first-order chi connectivity index (χ1) is 8.61. The van der Waals surface area contributed by atoms with Crippen molar-refractivity contribution in [3.8, 4) is 17.2 Å². The molecule has 1 aromatic heterocycles. The molecule has 18 heavy (non-hydrogen) atoms. The Morgan fingerprint density at radius 3 is 2.67 bits per heavy atom. The summed E-state index contributed by atoms with van der Waals surface area (Å²) < 4.78 is 13.2. The first kappa shape index (κ1) is 12.8. The maximum atomic E-state index is 13.2. The van der Waals surface area contributed by atoms with Gasteiger partial charge in [-0.2, -0.15) is 5.26 Å². The third-order valence-corrected chi connectivity index (χ3v) is 3.15. The number of nitrogens with zero attached hydrogens (tertiary/aromatic N) is 2. The highest BCUT2D eigenvalue weighted by atomic mass is 35.5. The van der Waals surface area contributed by atoms with Crippen LogP contribution in [0.3, 0.4) is 0 Å². The minimum Gasteiger partial charge on any atom is -0.257 e. The molecule has 2 rings (SSSR count). The van der Waals surface area contributed by atoms with Crippen molar-refractivity contribution in [1.82, 2.24) is 4.98 Å². The van der Waals surface area contributed by atoms with Gasteiger partial charge in [0.2, 0.25) is 0 Å². The number of hydrogen-bond acceptors (Lipinski definition) is 2. The predicted octanol–water partition coefficient (Wildman–Crippen LogP) is 4.26. The lowest BCUT2D eigenvalue weighted by molar-refractivity contribution is 0.620. The fourth-order valence-corrected chi connectivity index (χ4v) is 1.90. The molecule has 0 atom stereocenters. The molecule has 5 heteroatoms. The van der Waals surface area contributed by atoms with Crippen LogP contribution in [0.25, 0.3) is 11.1 Å². The minimum atomic E-state index is -0.460. The lowest BCUT2D eigenvalue weighted by Gasteiger charge is -2.07. The average Bonchev–Trinajstić information content (AvgIpc) is 2.35. The summed E-state index contributed by atoms with van der Waals surface area (Å²) in [5, 5.41) is 9.53. The van der Waals surface area contributed by atoms with E-state index < -0.39 is 5.82 Å². The highest BCUT2D eigenvalue weighted by Crippen LogP contribution is 2.30. The van der Waals surface area contributed by atoms with E-state index in [9.17, 15) is 4.39 Å². The van der Waals surface area contributed by atoms with Crippen LogP contribution in [0.4, 0.5) is 4.39 Å². The summed E-state index contributed by atoms with van der Waals surface area (Å²) in [4.78, 5) is 3.92. The van der Waals surface area contributed by atoms with Crippen molar-refractivity contribution in [2.24, 2.45) is 0 Å². The Hall–Kier alpha value is -1.63. The minimum absolute atomic E-state index is 0.107. The Balaban J connectivity index is 2.58. The van der Waals surface area contributed by atoms with E-state index in [-0.39, 0.29) is 6.42 Å². The SMILES string of the molecule is N#CCc1ncc(F)cc1-c1ccc(Cl)c(Cl)c1. The lowest BCUT2D eigenvalue weighted by Crippen LogP contribution is -1.94. The van der Waals surface area contributed by atoms with Crippen LogP contribution in [-0.2, 0) is 6.42 Å². The van der Waals surface area contributed by atoms with E-state index in [2.05, 4.69) is 4.98 Å². The average molecular weight is 281 g/mol. The smallest absolute Gasteiger partial charge is 0.142 e. The van der Waals surface area contributed by atoms with Crippen molar-refractivity contribution in [1.29, 1.82) is 5.26 Å². The Bertz CT molecular complexity index is 635. The molecule has 0 amide bonds. The molecule has 0 radical (unpaired) electrons. The van der Waals surface area contributed by atoms with Crippen LogP contribution in [0.2, 0.25) is 10.0 Å². The molecule has 1 aromatic carbocycles.